The van der Waals surface area contributed by atoms with E-state index >= 15 is 0 Å². The average Bonchev–Trinajstić information content (AvgIpc) is 2.97. The van der Waals surface area contributed by atoms with E-state index in [1.165, 1.54) is 11.8 Å². The molecular weight excluding hydrogens is 381 g/mol. The summed E-state index contributed by atoms with van der Waals surface area (Å²) in [4.78, 5) is 16.2. The number of thioether (sulfide) groups is 1. The first-order valence-electron chi connectivity index (χ1n) is 7.22. The molecule has 1 aromatic carbocycles. The van der Waals surface area contributed by atoms with Crippen LogP contribution >= 0.6 is 35.0 Å². The van der Waals surface area contributed by atoms with Crippen molar-refractivity contribution in [2.24, 2.45) is 7.05 Å². The number of benzene rings is 1. The zero-order chi connectivity index (χ0) is 17.8. The number of amides is 1. The molecule has 0 aliphatic carbocycles. The Morgan fingerprint density at radius 1 is 1.28 bits per heavy atom. The number of carbonyl (C=O) groups is 1. The quantitative estimate of drug-likeness (QED) is 0.665. The number of hydrogen-bond donors (Lipinski definition) is 1. The van der Waals surface area contributed by atoms with Gasteiger partial charge in [0.25, 0.3) is 0 Å². The van der Waals surface area contributed by atoms with Crippen LogP contribution in [0.2, 0.25) is 10.0 Å². The molecule has 1 amide bonds. The summed E-state index contributed by atoms with van der Waals surface area (Å²) in [5.41, 5.74) is 1.38. The molecule has 0 saturated carbocycles. The molecule has 0 saturated heterocycles. The molecule has 0 atom stereocenters. The molecule has 3 rings (SSSR count). The Kier molecular flexibility index (Phi) is 5.57. The van der Waals surface area contributed by atoms with Gasteiger partial charge in [0, 0.05) is 30.0 Å². The van der Waals surface area contributed by atoms with Crippen LogP contribution in [0.25, 0.3) is 11.4 Å². The van der Waals surface area contributed by atoms with Crippen LogP contribution in [0.4, 0.5) is 5.69 Å². The van der Waals surface area contributed by atoms with Gasteiger partial charge < -0.3 is 9.88 Å². The number of anilines is 1. The van der Waals surface area contributed by atoms with Crippen molar-refractivity contribution in [2.45, 2.75) is 5.16 Å². The van der Waals surface area contributed by atoms with Crippen molar-refractivity contribution in [1.29, 1.82) is 0 Å². The highest BCUT2D eigenvalue weighted by Crippen LogP contribution is 2.26. The third kappa shape index (κ3) is 4.31. The Balaban J connectivity index is 1.64. The van der Waals surface area contributed by atoms with Gasteiger partial charge in [-0.1, -0.05) is 35.0 Å². The lowest BCUT2D eigenvalue weighted by molar-refractivity contribution is -0.113. The van der Waals surface area contributed by atoms with Gasteiger partial charge in [0.1, 0.15) is 0 Å². The van der Waals surface area contributed by atoms with E-state index in [9.17, 15) is 4.79 Å². The van der Waals surface area contributed by atoms with Crippen molar-refractivity contribution < 1.29 is 4.79 Å². The molecule has 9 heteroatoms. The first kappa shape index (κ1) is 17.7. The van der Waals surface area contributed by atoms with E-state index in [0.29, 0.717) is 26.7 Å². The fourth-order valence-corrected chi connectivity index (χ4v) is 3.26. The van der Waals surface area contributed by atoms with Gasteiger partial charge in [0.05, 0.1) is 16.5 Å². The van der Waals surface area contributed by atoms with Crippen LogP contribution in [0.1, 0.15) is 0 Å². The number of nitrogens with one attached hydrogen (secondary N) is 1. The zero-order valence-electron chi connectivity index (χ0n) is 13.1. The number of halogens is 2. The molecule has 25 heavy (non-hydrogen) atoms. The summed E-state index contributed by atoms with van der Waals surface area (Å²) < 4.78 is 1.82. The topological polar surface area (TPSA) is 72.7 Å². The van der Waals surface area contributed by atoms with Crippen molar-refractivity contribution in [3.8, 4) is 11.4 Å². The van der Waals surface area contributed by atoms with E-state index in [0.717, 1.165) is 5.56 Å². The Morgan fingerprint density at radius 3 is 2.84 bits per heavy atom. The molecule has 0 bridgehead atoms. The van der Waals surface area contributed by atoms with Gasteiger partial charge in [0.15, 0.2) is 11.0 Å². The van der Waals surface area contributed by atoms with E-state index in [1.54, 1.807) is 30.6 Å². The minimum atomic E-state index is -0.194. The number of pyridine rings is 1. The fraction of sp³-hybridized carbons (Fsp3) is 0.125. The number of carbonyl (C=O) groups excluding carboxylic acids is 1. The maximum atomic E-state index is 12.1. The predicted octanol–water partition coefficient (Wildman–Crippen LogP) is 3.91. The minimum absolute atomic E-state index is 0.179. The molecule has 0 fully saturated rings. The number of aromatic nitrogens is 4. The van der Waals surface area contributed by atoms with E-state index < -0.39 is 0 Å². The summed E-state index contributed by atoms with van der Waals surface area (Å²) in [6, 6.07) is 8.64. The fourth-order valence-electron chi connectivity index (χ4n) is 2.09. The normalized spacial score (nSPS) is 10.7. The Hall–Kier alpha value is -2.09. The lowest BCUT2D eigenvalue weighted by atomic mass is 10.3. The molecule has 1 N–H and O–H groups in total. The average molecular weight is 394 g/mol. The van der Waals surface area contributed by atoms with Gasteiger partial charge in [-0.15, -0.1) is 10.2 Å². The molecule has 0 spiro atoms. The third-order valence-corrected chi connectivity index (χ3v) is 4.86. The van der Waals surface area contributed by atoms with E-state index in [1.807, 2.05) is 23.7 Å². The van der Waals surface area contributed by atoms with Crippen LogP contribution in [0.15, 0.2) is 47.9 Å². The second-order valence-electron chi connectivity index (χ2n) is 5.07. The molecular formula is C16H13Cl2N5OS. The summed E-state index contributed by atoms with van der Waals surface area (Å²) in [7, 11) is 1.85. The van der Waals surface area contributed by atoms with Gasteiger partial charge in [-0.05, 0) is 30.3 Å². The van der Waals surface area contributed by atoms with Crippen LogP contribution in [0.3, 0.4) is 0 Å². The second kappa shape index (κ2) is 7.86. The van der Waals surface area contributed by atoms with Crippen LogP contribution in [0, 0.1) is 0 Å². The first-order chi connectivity index (χ1) is 12.0. The van der Waals surface area contributed by atoms with Crippen molar-refractivity contribution in [1.82, 2.24) is 19.7 Å². The highest BCUT2D eigenvalue weighted by Gasteiger charge is 2.13. The molecule has 128 valence electrons. The van der Waals surface area contributed by atoms with Gasteiger partial charge in [-0.25, -0.2) is 0 Å². The number of hydrogen-bond acceptors (Lipinski definition) is 5. The van der Waals surface area contributed by atoms with Gasteiger partial charge in [0.2, 0.25) is 5.91 Å². The molecule has 6 nitrogen and oxygen atoms in total. The monoisotopic (exact) mass is 393 g/mol. The van der Waals surface area contributed by atoms with Gasteiger partial charge in [-0.3, -0.25) is 9.78 Å². The van der Waals surface area contributed by atoms with Crippen LogP contribution in [-0.4, -0.2) is 31.4 Å². The van der Waals surface area contributed by atoms with Crippen LogP contribution < -0.4 is 5.32 Å². The molecule has 0 radical (unpaired) electrons. The highest BCUT2D eigenvalue weighted by molar-refractivity contribution is 7.99. The zero-order valence-corrected chi connectivity index (χ0v) is 15.4. The number of rotatable bonds is 5. The van der Waals surface area contributed by atoms with Crippen LogP contribution in [0.5, 0.6) is 0 Å². The maximum absolute atomic E-state index is 12.1. The molecule has 0 aliphatic heterocycles. The molecule has 3 aromatic rings. The lowest BCUT2D eigenvalue weighted by Crippen LogP contribution is -2.14. The van der Waals surface area contributed by atoms with E-state index in [-0.39, 0.29) is 11.7 Å². The smallest absolute Gasteiger partial charge is 0.234 e. The molecule has 2 heterocycles. The summed E-state index contributed by atoms with van der Waals surface area (Å²) in [6.45, 7) is 0. The SMILES string of the molecule is Cn1c(SCC(=O)Nc2ccc(Cl)cc2Cl)nnc1-c1cccnc1. The first-order valence-corrected chi connectivity index (χ1v) is 8.96. The van der Waals surface area contributed by atoms with Crippen LogP contribution in [-0.2, 0) is 11.8 Å². The molecule has 2 aromatic heterocycles. The van der Waals surface area contributed by atoms with Crippen molar-refractivity contribution in [3.05, 3.63) is 52.8 Å². The summed E-state index contributed by atoms with van der Waals surface area (Å²) in [5, 5.41) is 12.6. The lowest BCUT2D eigenvalue weighted by Gasteiger charge is -2.07. The summed E-state index contributed by atoms with van der Waals surface area (Å²) in [6.07, 6.45) is 3.41. The highest BCUT2D eigenvalue weighted by atomic mass is 35.5. The minimum Gasteiger partial charge on any atom is -0.324 e. The Labute approximate surface area is 158 Å². The van der Waals surface area contributed by atoms with E-state index in [2.05, 4.69) is 20.5 Å². The van der Waals surface area contributed by atoms with Crippen molar-refractivity contribution in [3.63, 3.8) is 0 Å². The predicted molar refractivity (Wildman–Crippen MR) is 100 cm³/mol. The van der Waals surface area contributed by atoms with E-state index in [4.69, 9.17) is 23.2 Å². The van der Waals surface area contributed by atoms with Crippen molar-refractivity contribution in [2.75, 3.05) is 11.1 Å². The Morgan fingerprint density at radius 2 is 2.12 bits per heavy atom. The molecule has 0 aliphatic rings. The maximum Gasteiger partial charge on any atom is 0.234 e. The Bertz CT molecular complexity index is 901. The largest absolute Gasteiger partial charge is 0.324 e. The second-order valence-corrected chi connectivity index (χ2v) is 6.85. The standard InChI is InChI=1S/C16H13Cl2N5OS/c1-23-15(10-3-2-6-19-8-10)21-22-16(23)25-9-14(24)20-13-5-4-11(17)7-12(13)18/h2-8H,9H2,1H3,(H,20,24). The van der Waals surface area contributed by atoms with Gasteiger partial charge in [-0.2, -0.15) is 0 Å². The van der Waals surface area contributed by atoms with Gasteiger partial charge >= 0.3 is 0 Å². The third-order valence-electron chi connectivity index (χ3n) is 3.29. The van der Waals surface area contributed by atoms with Crippen molar-refractivity contribution >= 4 is 46.6 Å². The molecule has 0 unspecified atom stereocenters. The summed E-state index contributed by atoms with van der Waals surface area (Å²) in [5.74, 6) is 0.676. The number of nitrogens with zero attached hydrogens (tertiary/aromatic N) is 4. The summed E-state index contributed by atoms with van der Waals surface area (Å²) >= 11 is 13.2.